The quantitative estimate of drug-likeness (QED) is 0.210. The number of carbonyl (C=O) groups is 2. The van der Waals surface area contributed by atoms with Crippen LogP contribution >= 0.6 is 23.1 Å². The maximum atomic E-state index is 12.9. The lowest BCUT2D eigenvalue weighted by Crippen LogP contribution is -2.17. The second-order valence-corrected chi connectivity index (χ2v) is 11.3. The number of amides is 1. The van der Waals surface area contributed by atoms with Crippen molar-refractivity contribution in [1.29, 1.82) is 0 Å². The van der Waals surface area contributed by atoms with Crippen LogP contribution in [0.4, 0.5) is 5.00 Å². The number of aromatic nitrogens is 3. The van der Waals surface area contributed by atoms with Gasteiger partial charge in [0.05, 0.1) is 18.4 Å². The van der Waals surface area contributed by atoms with Crippen molar-refractivity contribution >= 4 is 40.0 Å². The molecule has 1 N–H and O–H groups in total. The molecule has 37 heavy (non-hydrogen) atoms. The van der Waals surface area contributed by atoms with Crippen LogP contribution in [0.15, 0.2) is 36.0 Å². The van der Waals surface area contributed by atoms with Crippen LogP contribution < -0.4 is 10.1 Å². The van der Waals surface area contributed by atoms with Crippen molar-refractivity contribution < 1.29 is 19.1 Å². The van der Waals surface area contributed by atoms with E-state index in [1.54, 1.807) is 6.08 Å². The third-order valence-corrected chi connectivity index (χ3v) is 8.29. The van der Waals surface area contributed by atoms with Gasteiger partial charge in [0, 0.05) is 11.4 Å². The Morgan fingerprint density at radius 2 is 2.03 bits per heavy atom. The number of esters is 1. The number of carbonyl (C=O) groups excluding carboxylic acids is 2. The van der Waals surface area contributed by atoms with Crippen LogP contribution in [-0.2, 0) is 35.5 Å². The van der Waals surface area contributed by atoms with Crippen LogP contribution in [0.3, 0.4) is 0 Å². The fourth-order valence-corrected chi connectivity index (χ4v) is 6.64. The van der Waals surface area contributed by atoms with Gasteiger partial charge in [-0.05, 0) is 67.9 Å². The van der Waals surface area contributed by atoms with E-state index in [1.807, 2.05) is 30.5 Å². The maximum Gasteiger partial charge on any atom is 0.341 e. The highest BCUT2D eigenvalue weighted by molar-refractivity contribution is 7.99. The van der Waals surface area contributed by atoms with Crippen molar-refractivity contribution in [3.63, 3.8) is 0 Å². The molecule has 0 spiro atoms. The van der Waals surface area contributed by atoms with Crippen molar-refractivity contribution in [2.24, 2.45) is 5.92 Å². The Balaban J connectivity index is 1.43. The molecule has 0 saturated heterocycles. The molecule has 1 atom stereocenters. The molecule has 4 rings (SSSR count). The molecule has 1 aromatic carbocycles. The molecule has 0 radical (unpaired) electrons. The summed E-state index contributed by atoms with van der Waals surface area (Å²) in [5, 5.41) is 12.7. The first-order valence-electron chi connectivity index (χ1n) is 12.2. The molecular weight excluding hydrogens is 508 g/mol. The average Bonchev–Trinajstić information content (AvgIpc) is 3.40. The van der Waals surface area contributed by atoms with E-state index in [1.165, 1.54) is 30.2 Å². The zero-order valence-electron chi connectivity index (χ0n) is 21.6. The number of hydrogen-bond donors (Lipinski definition) is 1. The highest BCUT2D eigenvalue weighted by Gasteiger charge is 2.29. The fraction of sp³-hybridized carbons (Fsp3) is 0.407. The molecule has 0 bridgehead atoms. The van der Waals surface area contributed by atoms with E-state index in [0.717, 1.165) is 46.6 Å². The Labute approximate surface area is 225 Å². The Bertz CT molecular complexity index is 1290. The van der Waals surface area contributed by atoms with Crippen LogP contribution in [0.25, 0.3) is 0 Å². The van der Waals surface area contributed by atoms with Crippen LogP contribution in [-0.4, -0.2) is 39.5 Å². The van der Waals surface area contributed by atoms with Crippen LogP contribution in [0.2, 0.25) is 0 Å². The summed E-state index contributed by atoms with van der Waals surface area (Å²) in [6.07, 6.45) is 4.50. The predicted octanol–water partition coefficient (Wildman–Crippen LogP) is 5.36. The SMILES string of the molecule is C=CCn1c(COc2cc(C)cc(C)c2)nnc1SCC(=O)Nc1sc2c(c1C(=O)OC)CCC(C)C2. The first kappa shape index (κ1) is 26.9. The maximum absolute atomic E-state index is 12.9. The van der Waals surface area contributed by atoms with E-state index >= 15 is 0 Å². The molecule has 0 fully saturated rings. The highest BCUT2D eigenvalue weighted by Crippen LogP contribution is 2.40. The third kappa shape index (κ3) is 6.42. The van der Waals surface area contributed by atoms with Crippen LogP contribution in [0.5, 0.6) is 5.75 Å². The molecule has 0 aliphatic heterocycles. The van der Waals surface area contributed by atoms with Gasteiger partial charge in [0.1, 0.15) is 17.4 Å². The lowest BCUT2D eigenvalue weighted by molar-refractivity contribution is -0.113. The number of aryl methyl sites for hydroxylation is 2. The van der Waals surface area contributed by atoms with E-state index in [9.17, 15) is 9.59 Å². The van der Waals surface area contributed by atoms with Crippen LogP contribution in [0, 0.1) is 19.8 Å². The topological polar surface area (TPSA) is 95.3 Å². The molecule has 10 heteroatoms. The number of fused-ring (bicyclic) bond motifs is 1. The van der Waals surface area contributed by atoms with Crippen molar-refractivity contribution in [1.82, 2.24) is 14.8 Å². The molecule has 196 valence electrons. The van der Waals surface area contributed by atoms with E-state index in [4.69, 9.17) is 9.47 Å². The Morgan fingerprint density at radius 1 is 1.27 bits per heavy atom. The molecular formula is C27H32N4O4S2. The largest absolute Gasteiger partial charge is 0.486 e. The zero-order valence-corrected chi connectivity index (χ0v) is 23.3. The summed E-state index contributed by atoms with van der Waals surface area (Å²) >= 11 is 2.76. The van der Waals surface area contributed by atoms with Gasteiger partial charge in [0.25, 0.3) is 0 Å². The molecule has 0 saturated carbocycles. The number of anilines is 1. The number of ether oxygens (including phenoxy) is 2. The first-order valence-corrected chi connectivity index (χ1v) is 14.0. The Hall–Kier alpha value is -3.11. The van der Waals surface area contributed by atoms with Gasteiger partial charge in [-0.1, -0.05) is 30.8 Å². The van der Waals surface area contributed by atoms with Gasteiger partial charge in [-0.3, -0.25) is 9.36 Å². The summed E-state index contributed by atoms with van der Waals surface area (Å²) < 4.78 is 12.9. The lowest BCUT2D eigenvalue weighted by Gasteiger charge is -2.18. The van der Waals surface area contributed by atoms with Gasteiger partial charge in [0.15, 0.2) is 11.0 Å². The number of allylic oxidation sites excluding steroid dienone is 1. The molecule has 2 heterocycles. The van der Waals surface area contributed by atoms with Crippen molar-refractivity contribution in [3.8, 4) is 5.75 Å². The number of rotatable bonds is 10. The monoisotopic (exact) mass is 540 g/mol. The molecule has 8 nitrogen and oxygen atoms in total. The number of thioether (sulfide) groups is 1. The van der Waals surface area contributed by atoms with Crippen molar-refractivity contribution in [2.75, 3.05) is 18.2 Å². The van der Waals surface area contributed by atoms with E-state index in [0.29, 0.717) is 34.0 Å². The number of nitrogens with one attached hydrogen (secondary N) is 1. The summed E-state index contributed by atoms with van der Waals surface area (Å²) in [5.41, 5.74) is 3.76. The summed E-state index contributed by atoms with van der Waals surface area (Å²) in [4.78, 5) is 26.6. The predicted molar refractivity (Wildman–Crippen MR) is 147 cm³/mol. The number of methoxy groups -OCH3 is 1. The second kappa shape index (κ2) is 12.0. The molecule has 1 aliphatic rings. The number of hydrogen-bond acceptors (Lipinski definition) is 8. The van der Waals surface area contributed by atoms with E-state index < -0.39 is 5.97 Å². The Kier molecular flexibility index (Phi) is 8.71. The molecule has 1 aliphatic carbocycles. The van der Waals surface area contributed by atoms with Gasteiger partial charge in [-0.15, -0.1) is 28.1 Å². The lowest BCUT2D eigenvalue weighted by atomic mass is 9.88. The molecule has 2 aromatic heterocycles. The fourth-order valence-electron chi connectivity index (χ4n) is 4.46. The van der Waals surface area contributed by atoms with Gasteiger partial charge >= 0.3 is 5.97 Å². The Morgan fingerprint density at radius 3 is 2.73 bits per heavy atom. The summed E-state index contributed by atoms with van der Waals surface area (Å²) in [7, 11) is 1.37. The number of nitrogens with zero attached hydrogens (tertiary/aromatic N) is 3. The van der Waals surface area contributed by atoms with Gasteiger partial charge in [0.2, 0.25) is 5.91 Å². The smallest absolute Gasteiger partial charge is 0.341 e. The number of benzene rings is 1. The summed E-state index contributed by atoms with van der Waals surface area (Å²) in [5.74, 6) is 1.47. The van der Waals surface area contributed by atoms with Gasteiger partial charge < -0.3 is 14.8 Å². The van der Waals surface area contributed by atoms with Crippen molar-refractivity contribution in [2.45, 2.75) is 58.3 Å². The zero-order chi connectivity index (χ0) is 26.5. The minimum atomic E-state index is -0.408. The van der Waals surface area contributed by atoms with Gasteiger partial charge in [-0.25, -0.2) is 4.79 Å². The van der Waals surface area contributed by atoms with Crippen molar-refractivity contribution in [3.05, 3.63) is 63.8 Å². The highest BCUT2D eigenvalue weighted by atomic mass is 32.2. The minimum Gasteiger partial charge on any atom is -0.486 e. The van der Waals surface area contributed by atoms with E-state index in [-0.39, 0.29) is 18.3 Å². The first-order chi connectivity index (χ1) is 17.8. The van der Waals surface area contributed by atoms with Gasteiger partial charge in [-0.2, -0.15) is 0 Å². The molecule has 1 unspecified atom stereocenters. The summed E-state index contributed by atoms with van der Waals surface area (Å²) in [6, 6.07) is 6.05. The second-order valence-electron chi connectivity index (χ2n) is 9.29. The summed E-state index contributed by atoms with van der Waals surface area (Å²) in [6.45, 7) is 10.8. The normalized spacial score (nSPS) is 14.6. The van der Waals surface area contributed by atoms with E-state index in [2.05, 4.69) is 35.1 Å². The minimum absolute atomic E-state index is 0.118. The standard InChI is InChI=1S/C27H32N4O4S2/c1-6-9-31-22(14-35-19-11-17(3)10-18(4)12-19)29-30-27(31)36-15-23(32)28-25-24(26(33)34-5)20-8-7-16(2)13-21(20)37-25/h6,10-12,16H,1,7-9,13-15H2,2-5H3,(H,28,32). The third-order valence-electron chi connectivity index (χ3n) is 6.15. The molecule has 3 aromatic rings. The number of thiophene rings is 1. The molecule has 1 amide bonds. The van der Waals surface area contributed by atoms with Crippen LogP contribution in [0.1, 0.15) is 51.1 Å². The average molecular weight is 541 g/mol.